The van der Waals surface area contributed by atoms with E-state index in [1.54, 1.807) is 0 Å². The third-order valence-corrected chi connectivity index (χ3v) is 9.52. The molecule has 0 spiro atoms. The van der Waals surface area contributed by atoms with Crippen molar-refractivity contribution >= 4 is 8.32 Å². The average molecular weight is 394 g/mol. The maximum atomic E-state index is 11.1. The van der Waals surface area contributed by atoms with Gasteiger partial charge in [-0.1, -0.05) is 6.42 Å². The van der Waals surface area contributed by atoms with Gasteiger partial charge in [-0.2, -0.15) is 0 Å². The van der Waals surface area contributed by atoms with Crippen LogP contribution in [0.15, 0.2) is 0 Å². The third kappa shape index (κ3) is 4.49. The van der Waals surface area contributed by atoms with E-state index in [0.717, 1.165) is 26.7 Å². The number of nitrogens with zero attached hydrogens (tertiary/aromatic N) is 4. The molecule has 1 aliphatic rings. The van der Waals surface area contributed by atoms with Crippen molar-refractivity contribution in [1.29, 1.82) is 0 Å². The van der Waals surface area contributed by atoms with Gasteiger partial charge < -0.3 is 4.43 Å². The first-order valence-corrected chi connectivity index (χ1v) is 10.6. The Balaban J connectivity index is 2.98. The van der Waals surface area contributed by atoms with Gasteiger partial charge in [0.1, 0.15) is 0 Å². The highest BCUT2D eigenvalue weighted by molar-refractivity contribution is 6.74. The van der Waals surface area contributed by atoms with Crippen molar-refractivity contribution in [3.05, 3.63) is 40.5 Å². The monoisotopic (exact) mass is 394 g/mol. The summed E-state index contributed by atoms with van der Waals surface area (Å²) >= 11 is 0. The summed E-state index contributed by atoms with van der Waals surface area (Å²) in [6.45, 7) is 2.18. The molecular weight excluding hydrogens is 372 g/mol. The second-order valence-corrected chi connectivity index (χ2v) is 11.1. The van der Waals surface area contributed by atoms with E-state index in [1.807, 2.05) is 0 Å². The Morgan fingerprint density at radius 1 is 0.808 bits per heavy atom. The standard InChI is InChI=1S/C12H22N4O9Si/c1-11(13(17)18,14(19)20)5-9-26(8-4-3-7-25-26)10-6-12(2,15(21)22)16(23)24/h3-10H2,1-2H3. The summed E-state index contributed by atoms with van der Waals surface area (Å²) in [6, 6.07) is 0.623. The van der Waals surface area contributed by atoms with Gasteiger partial charge in [-0.05, 0) is 24.6 Å². The Kier molecular flexibility index (Phi) is 6.70. The van der Waals surface area contributed by atoms with E-state index in [0.29, 0.717) is 12.7 Å². The van der Waals surface area contributed by atoms with Crippen LogP contribution in [0.2, 0.25) is 18.1 Å². The van der Waals surface area contributed by atoms with Crippen molar-refractivity contribution in [2.45, 2.75) is 69.0 Å². The lowest BCUT2D eigenvalue weighted by Gasteiger charge is -2.35. The van der Waals surface area contributed by atoms with Gasteiger partial charge in [0.05, 0.1) is 46.4 Å². The second kappa shape index (κ2) is 7.99. The minimum Gasteiger partial charge on any atom is -0.417 e. The van der Waals surface area contributed by atoms with E-state index in [4.69, 9.17) is 4.43 Å². The minimum absolute atomic E-state index is 0.0525. The lowest BCUT2D eigenvalue weighted by molar-refractivity contribution is -0.792. The highest BCUT2D eigenvalue weighted by Crippen LogP contribution is 2.36. The second-order valence-electron chi connectivity index (χ2n) is 6.95. The highest BCUT2D eigenvalue weighted by atomic mass is 28.4. The summed E-state index contributed by atoms with van der Waals surface area (Å²) in [4.78, 5) is 40.5. The lowest BCUT2D eigenvalue weighted by atomic mass is 10.1. The van der Waals surface area contributed by atoms with Crippen molar-refractivity contribution in [1.82, 2.24) is 0 Å². The summed E-state index contributed by atoms with van der Waals surface area (Å²) in [5.41, 5.74) is -4.76. The molecule has 1 rings (SSSR count). The van der Waals surface area contributed by atoms with Gasteiger partial charge in [0, 0.05) is 6.61 Å². The number of rotatable bonds is 10. The molecule has 26 heavy (non-hydrogen) atoms. The minimum atomic E-state index is -2.80. The first kappa shape index (κ1) is 21.8. The SMILES string of the molecule is CC(CC[Si]1(CCC(C)([N+](=O)[O-])[N+](=O)[O-])CCCCO1)([N+](=O)[O-])[N+](=O)[O-]. The Hall–Kier alpha value is -2.22. The molecule has 0 N–H and O–H groups in total. The smallest absolute Gasteiger partial charge is 0.417 e. The normalized spacial score (nSPS) is 17.5. The molecule has 0 bridgehead atoms. The van der Waals surface area contributed by atoms with Gasteiger partial charge in [0.25, 0.3) is 0 Å². The molecule has 0 unspecified atom stereocenters. The van der Waals surface area contributed by atoms with Crippen LogP contribution in [0.1, 0.15) is 39.5 Å². The quantitative estimate of drug-likeness (QED) is 0.231. The molecule has 0 radical (unpaired) electrons. The molecule has 14 heteroatoms. The third-order valence-electron chi connectivity index (χ3n) is 5.12. The Bertz CT molecular complexity index is 521. The van der Waals surface area contributed by atoms with E-state index in [-0.39, 0.29) is 24.9 Å². The predicted molar refractivity (Wildman–Crippen MR) is 89.4 cm³/mol. The number of hydrogen-bond acceptors (Lipinski definition) is 9. The Morgan fingerprint density at radius 3 is 1.46 bits per heavy atom. The van der Waals surface area contributed by atoms with Crippen LogP contribution in [0.4, 0.5) is 0 Å². The summed E-state index contributed by atoms with van der Waals surface area (Å²) in [5.74, 6) is 0. The molecule has 1 saturated heterocycles. The van der Waals surface area contributed by atoms with Gasteiger partial charge >= 0.3 is 11.3 Å². The van der Waals surface area contributed by atoms with Crippen molar-refractivity contribution < 1.29 is 24.1 Å². The zero-order valence-electron chi connectivity index (χ0n) is 14.6. The molecule has 148 valence electrons. The largest absolute Gasteiger partial charge is 0.455 e. The van der Waals surface area contributed by atoms with Crippen LogP contribution >= 0.6 is 0 Å². The maximum Gasteiger partial charge on any atom is 0.455 e. The van der Waals surface area contributed by atoms with Crippen molar-refractivity contribution in [2.75, 3.05) is 6.61 Å². The molecule has 13 nitrogen and oxygen atoms in total. The molecule has 0 atom stereocenters. The zero-order chi connectivity index (χ0) is 20.2. The zero-order valence-corrected chi connectivity index (χ0v) is 15.6. The van der Waals surface area contributed by atoms with Crippen LogP contribution in [-0.4, -0.2) is 45.9 Å². The molecule has 1 aliphatic heterocycles. The summed E-state index contributed by atoms with van der Waals surface area (Å²) in [7, 11) is -2.80. The first-order chi connectivity index (χ1) is 11.9. The van der Waals surface area contributed by atoms with Crippen molar-refractivity contribution in [2.24, 2.45) is 0 Å². The van der Waals surface area contributed by atoms with Gasteiger partial charge in [-0.25, -0.2) is 0 Å². The fourth-order valence-electron chi connectivity index (χ4n) is 2.86. The molecule has 0 saturated carbocycles. The first-order valence-electron chi connectivity index (χ1n) is 8.12. The molecule has 0 aromatic heterocycles. The topological polar surface area (TPSA) is 182 Å². The van der Waals surface area contributed by atoms with Crippen molar-refractivity contribution in [3.63, 3.8) is 0 Å². The van der Waals surface area contributed by atoms with E-state index in [9.17, 15) is 40.5 Å². The maximum absolute atomic E-state index is 11.1. The van der Waals surface area contributed by atoms with Crippen LogP contribution < -0.4 is 0 Å². The van der Waals surface area contributed by atoms with Crippen LogP contribution in [-0.2, 0) is 4.43 Å². The molecule has 0 aromatic rings. The van der Waals surface area contributed by atoms with Crippen molar-refractivity contribution in [3.8, 4) is 0 Å². The number of nitro groups is 4. The van der Waals surface area contributed by atoms with E-state index in [1.165, 1.54) is 0 Å². The average Bonchev–Trinajstić information content (AvgIpc) is 2.57. The highest BCUT2D eigenvalue weighted by Gasteiger charge is 2.56. The Labute approximate surface area is 149 Å². The molecular formula is C12H22N4O9Si. The fraction of sp³-hybridized carbons (Fsp3) is 1.00. The van der Waals surface area contributed by atoms with Gasteiger partial charge in [0.2, 0.25) is 0 Å². The molecule has 0 aliphatic carbocycles. The van der Waals surface area contributed by atoms with Gasteiger partial charge in [-0.3, -0.25) is 40.5 Å². The van der Waals surface area contributed by atoms with E-state index >= 15 is 0 Å². The van der Waals surface area contributed by atoms with Gasteiger partial charge in [0.15, 0.2) is 8.32 Å². The summed E-state index contributed by atoms with van der Waals surface area (Å²) in [5, 5.41) is 44.4. The molecule has 1 fully saturated rings. The van der Waals surface area contributed by atoms with Crippen LogP contribution in [0.5, 0.6) is 0 Å². The van der Waals surface area contributed by atoms with Crippen LogP contribution in [0, 0.1) is 40.5 Å². The van der Waals surface area contributed by atoms with Crippen LogP contribution in [0.3, 0.4) is 0 Å². The Morgan fingerprint density at radius 2 is 1.19 bits per heavy atom. The summed E-state index contributed by atoms with van der Waals surface area (Å²) < 4.78 is 5.82. The molecule has 0 amide bonds. The van der Waals surface area contributed by atoms with Crippen LogP contribution in [0.25, 0.3) is 0 Å². The van der Waals surface area contributed by atoms with E-state index < -0.39 is 39.3 Å². The predicted octanol–water partition coefficient (Wildman–Crippen LogP) is 2.06. The van der Waals surface area contributed by atoms with Gasteiger partial charge in [-0.15, -0.1) is 0 Å². The molecule has 1 heterocycles. The lowest BCUT2D eigenvalue weighted by Crippen LogP contribution is -2.50. The summed E-state index contributed by atoms with van der Waals surface area (Å²) in [6.07, 6.45) is 0.714. The number of hydrogen-bond donors (Lipinski definition) is 0. The fourth-order valence-corrected chi connectivity index (χ4v) is 7.37. The molecule has 0 aromatic carbocycles. The van der Waals surface area contributed by atoms with E-state index in [2.05, 4.69) is 0 Å².